The van der Waals surface area contributed by atoms with Crippen LogP contribution in [0.5, 0.6) is 0 Å². The summed E-state index contributed by atoms with van der Waals surface area (Å²) in [6.07, 6.45) is 6.77. The van der Waals surface area contributed by atoms with Crippen LogP contribution in [0.3, 0.4) is 0 Å². The van der Waals surface area contributed by atoms with E-state index in [4.69, 9.17) is 19.9 Å². The predicted octanol–water partition coefficient (Wildman–Crippen LogP) is 7.18. The number of hydrogen-bond donors (Lipinski definition) is 4. The van der Waals surface area contributed by atoms with Crippen molar-refractivity contribution in [2.75, 3.05) is 95.7 Å². The van der Waals surface area contributed by atoms with Crippen LogP contribution in [0.15, 0.2) is 109 Å². The van der Waals surface area contributed by atoms with E-state index in [1.165, 1.54) is 47.9 Å². The van der Waals surface area contributed by atoms with Crippen molar-refractivity contribution in [1.82, 2.24) is 29.7 Å². The first-order valence-corrected chi connectivity index (χ1v) is 26.4. The lowest BCUT2D eigenvalue weighted by molar-refractivity contribution is 0.0291. The Morgan fingerprint density at radius 2 is 0.903 bits per heavy atom. The largest absolute Gasteiger partial charge is 0.390 e. The Balaban J connectivity index is 0.855. The van der Waals surface area contributed by atoms with E-state index in [2.05, 4.69) is 103 Å². The van der Waals surface area contributed by atoms with Gasteiger partial charge in [-0.25, -0.2) is 9.97 Å². The molecule has 0 unspecified atom stereocenters. The first-order valence-electron chi connectivity index (χ1n) is 26.4. The molecule has 2 aromatic heterocycles. The number of aliphatic hydroxyl groups is 2. The third-order valence-electron chi connectivity index (χ3n) is 16.0. The van der Waals surface area contributed by atoms with Crippen molar-refractivity contribution in [1.29, 1.82) is 0 Å². The Hall–Kier alpha value is -6.65. The molecular formula is C57H66N12O3. The van der Waals surface area contributed by atoms with Crippen LogP contribution in [0.4, 0.5) is 46.3 Å². The molecule has 0 bridgehead atoms. The number of nitrogens with zero attached hydrogens (tertiary/aromatic N) is 10. The van der Waals surface area contributed by atoms with Crippen LogP contribution in [-0.4, -0.2) is 135 Å². The van der Waals surface area contributed by atoms with Gasteiger partial charge in [0, 0.05) is 126 Å². The van der Waals surface area contributed by atoms with Crippen LogP contribution in [0.1, 0.15) is 77.0 Å². The molecule has 4 saturated heterocycles. The molecule has 6 aliphatic heterocycles. The van der Waals surface area contributed by atoms with Crippen molar-refractivity contribution in [3.63, 3.8) is 0 Å². The summed E-state index contributed by atoms with van der Waals surface area (Å²) in [5.74, 6) is 1.32. The summed E-state index contributed by atoms with van der Waals surface area (Å²) in [5, 5.41) is 30.8. The molecule has 4 N–H and O–H groups in total. The van der Waals surface area contributed by atoms with Gasteiger partial charge in [0.05, 0.1) is 12.2 Å². The minimum Gasteiger partial charge on any atom is -0.390 e. The molecule has 15 nitrogen and oxygen atoms in total. The molecule has 72 heavy (non-hydrogen) atoms. The van der Waals surface area contributed by atoms with E-state index in [1.807, 2.05) is 34.1 Å². The molecule has 372 valence electrons. The minimum atomic E-state index is -0.646. The van der Waals surface area contributed by atoms with Gasteiger partial charge >= 0.3 is 0 Å². The van der Waals surface area contributed by atoms with Gasteiger partial charge in [0.25, 0.3) is 0 Å². The smallest absolute Gasteiger partial charge is 0.230 e. The van der Waals surface area contributed by atoms with Gasteiger partial charge in [-0.2, -0.15) is 9.97 Å². The molecular weight excluding hydrogens is 901 g/mol. The number of carbonyl (C=O) groups is 1. The number of aliphatic hydroxyl groups excluding tert-OH is 2. The zero-order chi connectivity index (χ0) is 48.5. The van der Waals surface area contributed by atoms with E-state index in [0.29, 0.717) is 49.7 Å². The number of anilines is 8. The normalized spacial score (nSPS) is 22.7. The second kappa shape index (κ2) is 20.5. The van der Waals surface area contributed by atoms with Gasteiger partial charge in [-0.1, -0.05) is 60.7 Å². The van der Waals surface area contributed by atoms with Gasteiger partial charge in [-0.05, 0) is 110 Å². The Kier molecular flexibility index (Phi) is 13.2. The highest BCUT2D eigenvalue weighted by molar-refractivity contribution is 6.07. The number of nitrogens with one attached hydrogen (secondary N) is 2. The van der Waals surface area contributed by atoms with E-state index in [9.17, 15) is 10.2 Å². The lowest BCUT2D eigenvalue weighted by atomic mass is 9.94. The third kappa shape index (κ3) is 9.95. The molecule has 12 rings (SSSR count). The van der Waals surface area contributed by atoms with Gasteiger partial charge in [-0.3, -0.25) is 14.6 Å². The fourth-order valence-electron chi connectivity index (χ4n) is 12.1. The number of hydrogen-bond acceptors (Lipinski definition) is 15. The van der Waals surface area contributed by atoms with Crippen molar-refractivity contribution < 1.29 is 15.0 Å². The highest BCUT2D eigenvalue weighted by atomic mass is 16.3. The van der Waals surface area contributed by atoms with E-state index < -0.39 is 12.2 Å². The van der Waals surface area contributed by atoms with Crippen molar-refractivity contribution in [3.05, 3.63) is 143 Å². The monoisotopic (exact) mass is 967 g/mol. The van der Waals surface area contributed by atoms with Crippen LogP contribution in [-0.2, 0) is 25.9 Å². The van der Waals surface area contributed by atoms with Gasteiger partial charge in [0.1, 0.15) is 23.0 Å². The van der Waals surface area contributed by atoms with Crippen molar-refractivity contribution >= 4 is 52.1 Å². The average molecular weight is 967 g/mol. The lowest BCUT2D eigenvalue weighted by Gasteiger charge is -2.43. The number of piperidine rings is 2. The third-order valence-corrected chi connectivity index (χ3v) is 16.0. The van der Waals surface area contributed by atoms with E-state index in [1.54, 1.807) is 12.1 Å². The van der Waals surface area contributed by atoms with Crippen molar-refractivity contribution in [3.8, 4) is 0 Å². The zero-order valence-electron chi connectivity index (χ0n) is 41.1. The molecule has 4 atom stereocenters. The van der Waals surface area contributed by atoms with Crippen LogP contribution >= 0.6 is 0 Å². The van der Waals surface area contributed by atoms with E-state index >= 15 is 4.79 Å². The standard InChI is InChI=1S/C57H66N12O3/c70-51-37-68(29-21-49(51)66-27-19-39-11-1-3-13-41(39)35-66)56-60-47(33-53(62-56)58-43-15-9-17-45(31-43)64-23-5-6-24-64)55(72)48-34-54(59-44-16-10-18-46(32-44)65-25-7-8-26-65)63-57(61-48)69-30-22-50(52(71)38-69)67-28-20-40-12-2-4-14-42(40)36-67/h1-4,9-18,31-34,49-52,70-71H,5-8,19-30,35-38H2,(H,58,60,62)(H,59,61,63)/t49-,50-,51-,52-/m1/s1. The van der Waals surface area contributed by atoms with Gasteiger partial charge < -0.3 is 40.4 Å². The second-order valence-corrected chi connectivity index (χ2v) is 20.7. The zero-order valence-corrected chi connectivity index (χ0v) is 41.1. The van der Waals surface area contributed by atoms with Crippen molar-refractivity contribution in [2.24, 2.45) is 0 Å². The van der Waals surface area contributed by atoms with E-state index in [-0.39, 0.29) is 29.3 Å². The number of benzene rings is 4. The van der Waals surface area contributed by atoms with E-state index in [0.717, 1.165) is 101 Å². The predicted molar refractivity (Wildman–Crippen MR) is 284 cm³/mol. The Bertz CT molecular complexity index is 2710. The number of aromatic nitrogens is 4. The summed E-state index contributed by atoms with van der Waals surface area (Å²) in [6, 6.07) is 37.3. The molecule has 4 aromatic carbocycles. The maximum Gasteiger partial charge on any atom is 0.230 e. The Morgan fingerprint density at radius 1 is 0.472 bits per heavy atom. The quantitative estimate of drug-likeness (QED) is 0.0916. The van der Waals surface area contributed by atoms with Gasteiger partial charge in [0.15, 0.2) is 0 Å². The Labute approximate surface area is 422 Å². The molecule has 4 fully saturated rings. The summed E-state index contributed by atoms with van der Waals surface area (Å²) < 4.78 is 0. The molecule has 0 aliphatic carbocycles. The molecule has 6 aromatic rings. The number of β-amino-alcohol motifs (C(OH)–C–C–N with tert-alkyl or cyclic N) is 2. The highest BCUT2D eigenvalue weighted by Crippen LogP contribution is 2.33. The number of rotatable bonds is 12. The van der Waals surface area contributed by atoms with Crippen LogP contribution in [0.2, 0.25) is 0 Å². The summed E-state index contributed by atoms with van der Waals surface area (Å²) >= 11 is 0. The van der Waals surface area contributed by atoms with Crippen LogP contribution in [0, 0.1) is 0 Å². The van der Waals surface area contributed by atoms with Gasteiger partial charge in [0.2, 0.25) is 17.7 Å². The minimum absolute atomic E-state index is 0.00749. The number of fused-ring (bicyclic) bond motifs is 2. The molecule has 6 aliphatic rings. The Morgan fingerprint density at radius 3 is 1.33 bits per heavy atom. The summed E-state index contributed by atoms with van der Waals surface area (Å²) in [6.45, 7) is 9.40. The van der Waals surface area contributed by atoms with Gasteiger partial charge in [-0.15, -0.1) is 0 Å². The fourth-order valence-corrected chi connectivity index (χ4v) is 12.1. The molecule has 0 saturated carbocycles. The number of ketones is 1. The maximum atomic E-state index is 15.2. The highest BCUT2D eigenvalue weighted by Gasteiger charge is 2.37. The first-order chi connectivity index (χ1) is 35.3. The summed E-state index contributed by atoms with van der Waals surface area (Å²) in [5.41, 5.74) is 9.77. The lowest BCUT2D eigenvalue weighted by Crippen LogP contribution is -2.55. The molecule has 0 amide bonds. The summed E-state index contributed by atoms with van der Waals surface area (Å²) in [7, 11) is 0. The summed E-state index contributed by atoms with van der Waals surface area (Å²) in [4.78, 5) is 49.0. The maximum absolute atomic E-state index is 15.2. The molecule has 0 radical (unpaired) electrons. The SMILES string of the molecule is O=C(c1cc(Nc2cccc(N3CCCC3)c2)nc(N2CC[C@@H](N3CCc4ccccc4C3)[C@H](O)C2)n1)c1cc(Nc2cccc(N3CCCC3)c2)nc(N2CC[C@@H](N3CCc4ccccc4C3)[C@H](O)C2)n1. The first kappa shape index (κ1) is 46.4. The molecule has 15 heteroatoms. The number of carbonyl (C=O) groups excluding carboxylic acids is 1. The van der Waals surface area contributed by atoms with Crippen LogP contribution in [0.25, 0.3) is 0 Å². The topological polar surface area (TPSA) is 153 Å². The second-order valence-electron chi connectivity index (χ2n) is 20.7. The molecule has 0 spiro atoms. The van der Waals surface area contributed by atoms with Crippen LogP contribution < -0.4 is 30.2 Å². The average Bonchev–Trinajstić information content (AvgIpc) is 4.18. The molecule has 8 heterocycles. The van der Waals surface area contributed by atoms with Crippen molar-refractivity contribution in [2.45, 2.75) is 88.7 Å². The fraction of sp³-hybridized carbons (Fsp3) is 0.421.